The number of carbonyl (C=O) groups excluding carboxylic acids is 1. The third-order valence-electron chi connectivity index (χ3n) is 5.66. The van der Waals surface area contributed by atoms with Gasteiger partial charge in [-0.15, -0.1) is 0 Å². The van der Waals surface area contributed by atoms with Gasteiger partial charge in [0.1, 0.15) is 11.4 Å². The first-order chi connectivity index (χ1) is 11.6. The van der Waals surface area contributed by atoms with Gasteiger partial charge < -0.3 is 19.4 Å². The lowest BCUT2D eigenvalue weighted by molar-refractivity contribution is 0.0190. The van der Waals surface area contributed by atoms with Gasteiger partial charge in [0.2, 0.25) is 0 Å². The van der Waals surface area contributed by atoms with E-state index in [2.05, 4.69) is 11.9 Å². The molecule has 24 heavy (non-hydrogen) atoms. The number of nitrogens with one attached hydrogen (secondary N) is 1. The van der Waals surface area contributed by atoms with Crippen LogP contribution in [-0.2, 0) is 4.74 Å². The molecule has 0 saturated carbocycles. The Hall–Kier alpha value is -2.01. The first-order valence-corrected chi connectivity index (χ1v) is 8.66. The summed E-state index contributed by atoms with van der Waals surface area (Å²) in [5.41, 5.74) is 1.83. The second kappa shape index (κ2) is 5.81. The normalized spacial score (nSPS) is 23.1. The Morgan fingerprint density at radius 1 is 1.38 bits per heavy atom. The number of fused-ring (bicyclic) bond motifs is 1. The Kier molecular flexibility index (Phi) is 3.76. The molecule has 1 aromatic heterocycles. The van der Waals surface area contributed by atoms with Crippen LogP contribution in [0.1, 0.15) is 36.7 Å². The lowest BCUT2D eigenvalue weighted by atomic mass is 9.78. The van der Waals surface area contributed by atoms with Gasteiger partial charge in [-0.25, -0.2) is 0 Å². The Bertz CT molecular complexity index is 761. The number of hydrogen-bond donors (Lipinski definition) is 1. The summed E-state index contributed by atoms with van der Waals surface area (Å²) in [6.07, 6.45) is 3.19. The number of likely N-dealkylation sites (tertiary alicyclic amines) is 1. The average Bonchev–Trinajstić information content (AvgIpc) is 3.16. The van der Waals surface area contributed by atoms with Crippen molar-refractivity contribution in [2.24, 2.45) is 5.41 Å². The molecule has 3 heterocycles. The molecule has 0 aliphatic carbocycles. The molecule has 5 nitrogen and oxygen atoms in total. The Morgan fingerprint density at radius 2 is 2.17 bits per heavy atom. The maximum Gasteiger partial charge on any atom is 0.270 e. The van der Waals surface area contributed by atoms with E-state index in [0.717, 1.165) is 55.7 Å². The molecule has 1 aromatic carbocycles. The maximum atomic E-state index is 13.1. The van der Waals surface area contributed by atoms with Crippen molar-refractivity contribution in [3.05, 3.63) is 30.0 Å². The van der Waals surface area contributed by atoms with Crippen LogP contribution in [0.3, 0.4) is 0 Å². The van der Waals surface area contributed by atoms with E-state index in [-0.39, 0.29) is 17.4 Å². The summed E-state index contributed by atoms with van der Waals surface area (Å²) in [5.74, 6) is 0.877. The largest absolute Gasteiger partial charge is 0.496 e. The summed E-state index contributed by atoms with van der Waals surface area (Å²) in [6, 6.07) is 8.01. The van der Waals surface area contributed by atoms with Crippen LogP contribution >= 0.6 is 0 Å². The van der Waals surface area contributed by atoms with Gasteiger partial charge in [-0.1, -0.05) is 6.07 Å². The zero-order chi connectivity index (χ0) is 16.7. The molecule has 2 aliphatic heterocycles. The molecule has 4 rings (SSSR count). The van der Waals surface area contributed by atoms with Crippen LogP contribution in [0.2, 0.25) is 0 Å². The summed E-state index contributed by atoms with van der Waals surface area (Å²) in [6.45, 7) is 4.63. The van der Waals surface area contributed by atoms with Crippen LogP contribution in [0.5, 0.6) is 5.75 Å². The molecular formula is C19H24N2O3. The lowest BCUT2D eigenvalue weighted by Gasteiger charge is -2.33. The van der Waals surface area contributed by atoms with Crippen molar-refractivity contribution < 1.29 is 14.3 Å². The minimum Gasteiger partial charge on any atom is -0.496 e. The van der Waals surface area contributed by atoms with Gasteiger partial charge in [-0.05, 0) is 49.8 Å². The van der Waals surface area contributed by atoms with Gasteiger partial charge in [0.25, 0.3) is 5.91 Å². The molecule has 5 heteroatoms. The Morgan fingerprint density at radius 3 is 2.92 bits per heavy atom. The van der Waals surface area contributed by atoms with E-state index in [0.29, 0.717) is 5.69 Å². The van der Waals surface area contributed by atoms with Crippen LogP contribution in [0.15, 0.2) is 24.3 Å². The van der Waals surface area contributed by atoms with E-state index >= 15 is 0 Å². The van der Waals surface area contributed by atoms with Crippen LogP contribution in [-0.4, -0.2) is 48.7 Å². The number of benzene rings is 1. The standard InChI is InChI=1S/C19H24N2O3/c1-13-11-19(6-8-24-9-7-19)12-21(13)18(22)16-10-14-15(20-16)4-3-5-17(14)23-2/h3-5,10,13,20H,6-9,11-12H2,1-2H3. The number of ether oxygens (including phenoxy) is 2. The van der Waals surface area contributed by atoms with Gasteiger partial charge in [0.05, 0.1) is 7.11 Å². The van der Waals surface area contributed by atoms with E-state index in [1.165, 1.54) is 0 Å². The van der Waals surface area contributed by atoms with Gasteiger partial charge in [0.15, 0.2) is 0 Å². The molecule has 2 fully saturated rings. The third-order valence-corrected chi connectivity index (χ3v) is 5.66. The lowest BCUT2D eigenvalue weighted by Crippen LogP contribution is -2.37. The highest BCUT2D eigenvalue weighted by Gasteiger charge is 2.45. The number of methoxy groups -OCH3 is 1. The highest BCUT2D eigenvalue weighted by atomic mass is 16.5. The zero-order valence-electron chi connectivity index (χ0n) is 14.3. The summed E-state index contributed by atoms with van der Waals surface area (Å²) in [5, 5.41) is 0.955. The maximum absolute atomic E-state index is 13.1. The molecule has 1 N–H and O–H groups in total. The van der Waals surface area contributed by atoms with Crippen molar-refractivity contribution in [3.8, 4) is 5.75 Å². The topological polar surface area (TPSA) is 54.6 Å². The molecule has 1 atom stereocenters. The monoisotopic (exact) mass is 328 g/mol. The van der Waals surface area contributed by atoms with Crippen molar-refractivity contribution >= 4 is 16.8 Å². The number of hydrogen-bond acceptors (Lipinski definition) is 3. The van der Waals surface area contributed by atoms with E-state index in [9.17, 15) is 4.79 Å². The van der Waals surface area contributed by atoms with Crippen LogP contribution < -0.4 is 4.74 Å². The predicted molar refractivity (Wildman–Crippen MR) is 92.5 cm³/mol. The molecule has 1 amide bonds. The second-order valence-corrected chi connectivity index (χ2v) is 7.20. The summed E-state index contributed by atoms with van der Waals surface area (Å²) in [7, 11) is 1.65. The Labute approximate surface area is 141 Å². The number of aromatic amines is 1. The van der Waals surface area contributed by atoms with Crippen molar-refractivity contribution in [3.63, 3.8) is 0 Å². The minimum absolute atomic E-state index is 0.0871. The van der Waals surface area contributed by atoms with Crippen molar-refractivity contribution in [1.29, 1.82) is 0 Å². The number of carbonyl (C=O) groups is 1. The quantitative estimate of drug-likeness (QED) is 0.921. The summed E-state index contributed by atoms with van der Waals surface area (Å²) in [4.78, 5) is 18.4. The molecule has 1 unspecified atom stereocenters. The summed E-state index contributed by atoms with van der Waals surface area (Å²) < 4.78 is 10.9. The fourth-order valence-electron chi connectivity index (χ4n) is 4.33. The molecule has 128 valence electrons. The van der Waals surface area contributed by atoms with Gasteiger partial charge >= 0.3 is 0 Å². The SMILES string of the molecule is COc1cccc2[nH]c(C(=O)N3CC4(CCOCC4)CC3C)cc12. The first-order valence-electron chi connectivity index (χ1n) is 8.66. The molecule has 2 saturated heterocycles. The van der Waals surface area contributed by atoms with Crippen LogP contribution in [0.25, 0.3) is 10.9 Å². The fourth-order valence-corrected chi connectivity index (χ4v) is 4.33. The van der Waals surface area contributed by atoms with E-state index < -0.39 is 0 Å². The molecule has 0 bridgehead atoms. The second-order valence-electron chi connectivity index (χ2n) is 7.20. The van der Waals surface area contributed by atoms with Gasteiger partial charge in [-0.3, -0.25) is 4.79 Å². The smallest absolute Gasteiger partial charge is 0.270 e. The van der Waals surface area contributed by atoms with Crippen LogP contribution in [0, 0.1) is 5.41 Å². The number of H-pyrrole nitrogens is 1. The molecular weight excluding hydrogens is 304 g/mol. The molecule has 1 spiro atoms. The van der Waals surface area contributed by atoms with E-state index in [1.807, 2.05) is 29.2 Å². The number of rotatable bonds is 2. The minimum atomic E-state index is 0.0871. The first kappa shape index (κ1) is 15.5. The van der Waals surface area contributed by atoms with Crippen molar-refractivity contribution in [2.75, 3.05) is 26.9 Å². The van der Waals surface area contributed by atoms with E-state index in [1.54, 1.807) is 7.11 Å². The highest BCUT2D eigenvalue weighted by molar-refractivity contribution is 6.00. The molecule has 2 aliphatic rings. The van der Waals surface area contributed by atoms with Crippen molar-refractivity contribution in [1.82, 2.24) is 9.88 Å². The average molecular weight is 328 g/mol. The highest BCUT2D eigenvalue weighted by Crippen LogP contribution is 2.43. The molecule has 2 aromatic rings. The van der Waals surface area contributed by atoms with Gasteiger partial charge in [-0.2, -0.15) is 0 Å². The number of amides is 1. The fraction of sp³-hybridized carbons (Fsp3) is 0.526. The number of aromatic nitrogens is 1. The van der Waals surface area contributed by atoms with Gasteiger partial charge in [0, 0.05) is 36.7 Å². The van der Waals surface area contributed by atoms with Crippen LogP contribution in [0.4, 0.5) is 0 Å². The van der Waals surface area contributed by atoms with E-state index in [4.69, 9.17) is 9.47 Å². The predicted octanol–water partition coefficient (Wildman–Crippen LogP) is 3.21. The third kappa shape index (κ3) is 2.47. The zero-order valence-corrected chi connectivity index (χ0v) is 14.3. The molecule has 0 radical (unpaired) electrons. The van der Waals surface area contributed by atoms with Crippen molar-refractivity contribution in [2.45, 2.75) is 32.2 Å². The Balaban J connectivity index is 1.61. The number of nitrogens with zero attached hydrogens (tertiary/aromatic N) is 1. The summed E-state index contributed by atoms with van der Waals surface area (Å²) >= 11 is 0.